The summed E-state index contributed by atoms with van der Waals surface area (Å²) in [6, 6.07) is 5.86. The van der Waals surface area contributed by atoms with Crippen LogP contribution in [-0.4, -0.2) is 110 Å². The Labute approximate surface area is 337 Å². The molecule has 3 heterocycles. The molecule has 7 atom stereocenters. The molecule has 15 heteroatoms. The van der Waals surface area contributed by atoms with Gasteiger partial charge in [0.2, 0.25) is 17.2 Å². The van der Waals surface area contributed by atoms with Crippen molar-refractivity contribution >= 4 is 41.6 Å². The highest BCUT2D eigenvalue weighted by atomic mass is 16.6. The molecule has 0 radical (unpaired) electrons. The molecule has 0 saturated carbocycles. The molecule has 0 bridgehead atoms. The smallest absolute Gasteiger partial charge is 0.488 e. The lowest BCUT2D eigenvalue weighted by Crippen LogP contribution is -2.76. The van der Waals surface area contributed by atoms with Crippen molar-refractivity contribution in [3.63, 3.8) is 0 Å². The van der Waals surface area contributed by atoms with E-state index in [2.05, 4.69) is 5.32 Å². The number of hydrogen-bond acceptors (Lipinski definition) is 10. The zero-order valence-electron chi connectivity index (χ0n) is 34.4. The molecule has 2 saturated heterocycles. The first kappa shape index (κ1) is 42.3. The fourth-order valence-corrected chi connectivity index (χ4v) is 10.2. The molecule has 2 aromatic rings. The van der Waals surface area contributed by atoms with Crippen LogP contribution < -0.4 is 10.1 Å². The maximum absolute atomic E-state index is 14.0. The van der Waals surface area contributed by atoms with Crippen LogP contribution in [0.2, 0.25) is 0 Å². The fraction of sp³-hybridized carbons (Fsp3) is 0.558. The van der Waals surface area contributed by atoms with Crippen LogP contribution in [0.15, 0.2) is 30.3 Å². The van der Waals surface area contributed by atoms with E-state index in [4.69, 9.17) is 14.2 Å². The van der Waals surface area contributed by atoms with Crippen molar-refractivity contribution in [2.45, 2.75) is 141 Å². The third-order valence-corrected chi connectivity index (χ3v) is 12.9. The number of ketones is 2. The molecule has 6 rings (SSSR count). The molecule has 3 amide bonds. The number of fused-ring (bicyclic) bond motifs is 4. The Balaban J connectivity index is 1.20. The van der Waals surface area contributed by atoms with Gasteiger partial charge in [-0.25, -0.2) is 18.9 Å². The minimum Gasteiger partial charge on any atom is -0.488 e. The Bertz CT molecular complexity index is 2070. The monoisotopic (exact) mass is 804 g/mol. The number of methoxy groups -OCH3 is 1. The van der Waals surface area contributed by atoms with Crippen molar-refractivity contribution in [1.29, 1.82) is 0 Å². The summed E-state index contributed by atoms with van der Waals surface area (Å²) >= 11 is 0. The quantitative estimate of drug-likeness (QED) is 0.154. The number of benzene rings is 2. The van der Waals surface area contributed by atoms with Crippen molar-refractivity contribution in [2.75, 3.05) is 7.11 Å². The van der Waals surface area contributed by atoms with Gasteiger partial charge >= 0.3 is 24.1 Å². The molecule has 58 heavy (non-hydrogen) atoms. The second-order valence-electron chi connectivity index (χ2n) is 17.5. The first-order valence-electron chi connectivity index (χ1n) is 19.9. The molecular weight excluding hydrogens is 750 g/mol. The Morgan fingerprint density at radius 1 is 0.966 bits per heavy atom. The molecule has 1 aliphatic carbocycles. The molecule has 15 nitrogen and oxygen atoms in total. The zero-order chi connectivity index (χ0) is 42.6. The highest BCUT2D eigenvalue weighted by Crippen LogP contribution is 2.51. The number of ether oxygens (including phenoxy) is 3. The number of nitrogens with zero attached hydrogens (tertiary/aromatic N) is 2. The van der Waals surface area contributed by atoms with Crippen molar-refractivity contribution < 1.29 is 62.5 Å². The molecule has 3 N–H and O–H groups in total. The Morgan fingerprint density at radius 3 is 2.29 bits per heavy atom. The van der Waals surface area contributed by atoms with Crippen molar-refractivity contribution in [1.82, 2.24) is 10.2 Å². The van der Waals surface area contributed by atoms with Gasteiger partial charge in [0.25, 0.3) is 0 Å². The van der Waals surface area contributed by atoms with Crippen molar-refractivity contribution in [3.05, 3.63) is 52.6 Å². The highest BCUT2D eigenvalue weighted by molar-refractivity contribution is 6.05. The van der Waals surface area contributed by atoms with Gasteiger partial charge in [0.1, 0.15) is 30.0 Å². The summed E-state index contributed by atoms with van der Waals surface area (Å²) in [6.07, 6.45) is -1.70. The molecule has 3 aliphatic heterocycles. The number of rotatable bonds is 9. The summed E-state index contributed by atoms with van der Waals surface area (Å²) in [7, 11) is 1.20. The van der Waals surface area contributed by atoms with Gasteiger partial charge in [0.05, 0.1) is 19.6 Å². The van der Waals surface area contributed by atoms with E-state index in [1.807, 2.05) is 13.0 Å². The van der Waals surface area contributed by atoms with Gasteiger partial charge < -0.3 is 34.6 Å². The third-order valence-electron chi connectivity index (χ3n) is 12.9. The lowest BCUT2D eigenvalue weighted by atomic mass is 9.81. The molecule has 2 unspecified atom stereocenters. The average Bonchev–Trinajstić information content (AvgIpc) is 3.71. The third kappa shape index (κ3) is 6.80. The summed E-state index contributed by atoms with van der Waals surface area (Å²) in [5.41, 5.74) is 0.607. The number of carbonyl (C=O) groups is 7. The van der Waals surface area contributed by atoms with Crippen LogP contribution in [-0.2, 0) is 36.9 Å². The van der Waals surface area contributed by atoms with Crippen LogP contribution in [0.4, 0.5) is 9.59 Å². The Hall–Kier alpha value is -5.31. The number of quaternary nitrogens is 1. The van der Waals surface area contributed by atoms with Crippen molar-refractivity contribution in [3.8, 4) is 16.9 Å². The number of alkyl carbamates (subject to hydrolysis) is 1. The van der Waals surface area contributed by atoms with Crippen LogP contribution in [0.1, 0.15) is 119 Å². The summed E-state index contributed by atoms with van der Waals surface area (Å²) in [4.78, 5) is 94.6. The number of carboxylic acid groups (broad SMARTS) is 2. The van der Waals surface area contributed by atoms with Crippen LogP contribution in [0, 0.1) is 5.92 Å². The summed E-state index contributed by atoms with van der Waals surface area (Å²) in [6.45, 7) is 12.3. The lowest BCUT2D eigenvalue weighted by molar-refractivity contribution is -0.949. The number of carboxylic acids is 1. The number of esters is 1. The van der Waals surface area contributed by atoms with Crippen LogP contribution in [0.25, 0.3) is 11.1 Å². The first-order valence-corrected chi connectivity index (χ1v) is 19.9. The second-order valence-corrected chi connectivity index (χ2v) is 17.5. The first-order chi connectivity index (χ1) is 27.2. The number of likely N-dealkylation sites (tertiary alicyclic amines) is 2. The lowest BCUT2D eigenvalue weighted by Gasteiger charge is -2.52. The van der Waals surface area contributed by atoms with Crippen LogP contribution in [0.5, 0.6) is 5.75 Å². The normalized spacial score (nSPS) is 26.8. The molecular formula is C43H54N3O12+. The Kier molecular flexibility index (Phi) is 11.3. The summed E-state index contributed by atoms with van der Waals surface area (Å²) < 4.78 is 15.9. The zero-order valence-corrected chi connectivity index (χ0v) is 34.4. The number of carbonyl (C=O) groups excluding carboxylic acids is 5. The fourth-order valence-electron chi connectivity index (χ4n) is 10.2. The molecule has 0 spiro atoms. The van der Waals surface area contributed by atoms with E-state index in [1.165, 1.54) is 12.0 Å². The van der Waals surface area contributed by atoms with Gasteiger partial charge in [-0.1, -0.05) is 26.0 Å². The number of amides is 3. The largest absolute Gasteiger partial charge is 0.515 e. The molecule has 2 aromatic carbocycles. The second kappa shape index (κ2) is 15.5. The van der Waals surface area contributed by atoms with Gasteiger partial charge in [-0.2, -0.15) is 4.79 Å². The minimum absolute atomic E-state index is 0.0386. The summed E-state index contributed by atoms with van der Waals surface area (Å²) in [5, 5.41) is 23.8. The number of nitrogens with one attached hydrogen (secondary N) is 1. The predicted molar refractivity (Wildman–Crippen MR) is 208 cm³/mol. The van der Waals surface area contributed by atoms with E-state index < -0.39 is 82.0 Å². The molecule has 2 fully saturated rings. The standard InChI is InChI=1S/C43H53N3O12/c1-22(2)35(44-40(53)56-8)37(49)45-23(3)9-13-31(45)38(50)58-33-14-11-25-18-30-28-12-10-26(17-27(28)21-57-34(30)19-29(25)36(33)48)32(47)20-43(39(51)52)16-15-24(4)46(43,41(54)55)42(5,6)7/h10,12,17-19,22-24,31,33,35H,9,11,13-16,20-21H2,1-8H3,(H2-,44,51,52,53,54,55)/p+1/t23-,24-,31-,33?,35-,43-,46?/m0/s1. The number of hydrogen-bond donors (Lipinski definition) is 3. The molecule has 312 valence electrons. The minimum atomic E-state index is -1.87. The predicted octanol–water partition coefficient (Wildman–Crippen LogP) is 5.92. The van der Waals surface area contributed by atoms with Gasteiger partial charge in [-0.05, 0) is 101 Å². The topological polar surface area (TPSA) is 203 Å². The molecule has 4 aliphatic rings. The number of aliphatic carboxylic acids is 1. The van der Waals surface area contributed by atoms with Crippen LogP contribution in [0.3, 0.4) is 0 Å². The van der Waals surface area contributed by atoms with E-state index >= 15 is 0 Å². The molecule has 0 aromatic heterocycles. The maximum Gasteiger partial charge on any atom is 0.515 e. The van der Waals surface area contributed by atoms with Gasteiger partial charge in [-0.3, -0.25) is 14.4 Å². The average molecular weight is 805 g/mol. The van der Waals surface area contributed by atoms with Gasteiger partial charge in [0, 0.05) is 35.6 Å². The van der Waals surface area contributed by atoms with E-state index in [-0.39, 0.29) is 42.8 Å². The van der Waals surface area contributed by atoms with Crippen LogP contribution >= 0.6 is 0 Å². The number of aryl methyl sites for hydroxylation is 1. The van der Waals surface area contributed by atoms with Gasteiger partial charge in [-0.15, -0.1) is 0 Å². The highest BCUT2D eigenvalue weighted by Gasteiger charge is 2.73. The summed E-state index contributed by atoms with van der Waals surface area (Å²) in [5.74, 6) is -3.15. The van der Waals surface area contributed by atoms with E-state index in [0.29, 0.717) is 48.1 Å². The Morgan fingerprint density at radius 2 is 1.67 bits per heavy atom. The van der Waals surface area contributed by atoms with E-state index in [1.54, 1.807) is 65.8 Å². The number of Topliss-reactive ketones (excluding diaryl/α,β-unsaturated/α-hetero) is 2. The van der Waals surface area contributed by atoms with Gasteiger partial charge in [0.15, 0.2) is 11.9 Å². The van der Waals surface area contributed by atoms with Crippen molar-refractivity contribution in [2.24, 2.45) is 5.92 Å². The van der Waals surface area contributed by atoms with E-state index in [9.17, 15) is 43.8 Å². The maximum atomic E-state index is 14.0. The van der Waals surface area contributed by atoms with E-state index in [0.717, 1.165) is 11.1 Å². The SMILES string of the molecule is COC(=O)N[C@H](C(=O)N1[C@@H](C)CC[C@H]1C(=O)OC1CCc2cc3c(cc2C1=O)OCc1cc(C(=O)C[C@]2(C(=O)O)CC[C@H](C)[N+]2(C(=O)O)C(C)(C)C)ccc1-3)C(C)C.